The van der Waals surface area contributed by atoms with Gasteiger partial charge in [0.25, 0.3) is 10.0 Å². The summed E-state index contributed by atoms with van der Waals surface area (Å²) in [5, 5.41) is 5.59. The normalized spacial score (nSPS) is 11.2. The Kier molecular flexibility index (Phi) is 4.75. The van der Waals surface area contributed by atoms with Crippen molar-refractivity contribution < 1.29 is 8.42 Å². The van der Waals surface area contributed by atoms with E-state index in [9.17, 15) is 8.42 Å². The van der Waals surface area contributed by atoms with Gasteiger partial charge in [0.05, 0.1) is 11.9 Å². The second-order valence-electron chi connectivity index (χ2n) is 5.01. The van der Waals surface area contributed by atoms with Gasteiger partial charge < -0.3 is 5.32 Å². The van der Waals surface area contributed by atoms with Gasteiger partial charge in [0.2, 0.25) is 0 Å². The van der Waals surface area contributed by atoms with Crippen molar-refractivity contribution in [2.24, 2.45) is 0 Å². The van der Waals surface area contributed by atoms with E-state index in [2.05, 4.69) is 15.0 Å². The number of nitrogens with zero attached hydrogens (tertiary/aromatic N) is 1. The zero-order valence-corrected chi connectivity index (χ0v) is 15.0. The number of anilines is 3. The average Bonchev–Trinajstić information content (AvgIpc) is 3.09. The molecule has 5 nitrogen and oxygen atoms in total. The summed E-state index contributed by atoms with van der Waals surface area (Å²) in [7, 11) is -3.59. The molecular formula is C16H14ClN3O2S2. The van der Waals surface area contributed by atoms with Gasteiger partial charge in [-0.05, 0) is 48.2 Å². The molecule has 8 heteroatoms. The zero-order valence-electron chi connectivity index (χ0n) is 12.7. The first-order valence-electron chi connectivity index (χ1n) is 7.00. The third-order valence-electron chi connectivity index (χ3n) is 3.31. The zero-order chi connectivity index (χ0) is 17.2. The van der Waals surface area contributed by atoms with Crippen LogP contribution in [0.15, 0.2) is 58.3 Å². The fraction of sp³-hybridized carbons (Fsp3) is 0.0625. The summed E-state index contributed by atoms with van der Waals surface area (Å²) in [4.78, 5) is 4.14. The molecule has 0 bridgehead atoms. The Labute approximate surface area is 149 Å². The van der Waals surface area contributed by atoms with Crippen molar-refractivity contribution in [3.05, 3.63) is 64.6 Å². The number of sulfonamides is 1. The van der Waals surface area contributed by atoms with Crippen LogP contribution in [0.1, 0.15) is 5.56 Å². The van der Waals surface area contributed by atoms with Crippen LogP contribution in [0.2, 0.25) is 5.02 Å². The quantitative estimate of drug-likeness (QED) is 0.676. The Morgan fingerprint density at radius 2 is 1.96 bits per heavy atom. The molecule has 3 aromatic rings. The smallest absolute Gasteiger partial charge is 0.272 e. The number of rotatable bonds is 5. The molecule has 0 atom stereocenters. The summed E-state index contributed by atoms with van der Waals surface area (Å²) >= 11 is 7.25. The first-order chi connectivity index (χ1) is 11.5. The number of pyridine rings is 1. The summed E-state index contributed by atoms with van der Waals surface area (Å²) < 4.78 is 27.0. The largest absolute Gasteiger partial charge is 0.354 e. The van der Waals surface area contributed by atoms with Crippen LogP contribution < -0.4 is 10.0 Å². The molecule has 0 spiro atoms. The molecule has 0 amide bonds. The molecule has 0 unspecified atom stereocenters. The predicted octanol–water partition coefficient (Wildman–Crippen LogP) is 4.65. The molecular weight excluding hydrogens is 366 g/mol. The van der Waals surface area contributed by atoms with E-state index in [-0.39, 0.29) is 10.0 Å². The average molecular weight is 380 g/mol. The van der Waals surface area contributed by atoms with Gasteiger partial charge in [-0.3, -0.25) is 4.72 Å². The molecule has 124 valence electrons. The van der Waals surface area contributed by atoms with E-state index in [0.29, 0.717) is 5.02 Å². The standard InChI is InChI=1S/C16H14ClN3O2S2/c1-11-13(17)4-2-5-14(11)19-12-7-8-15(18-10-12)20-24(21,22)16-6-3-9-23-16/h2-10,19H,1H3,(H,18,20). The summed E-state index contributed by atoms with van der Waals surface area (Å²) in [6.45, 7) is 1.92. The van der Waals surface area contributed by atoms with Crippen LogP contribution in [-0.4, -0.2) is 13.4 Å². The molecule has 0 aliphatic heterocycles. The highest BCUT2D eigenvalue weighted by Crippen LogP contribution is 2.26. The monoisotopic (exact) mass is 379 g/mol. The Balaban J connectivity index is 1.75. The number of hydrogen-bond acceptors (Lipinski definition) is 5. The Hall–Kier alpha value is -2.09. The van der Waals surface area contributed by atoms with Crippen LogP contribution in [0.25, 0.3) is 0 Å². The van der Waals surface area contributed by atoms with Crippen LogP contribution in [0.3, 0.4) is 0 Å². The lowest BCUT2D eigenvalue weighted by Crippen LogP contribution is -2.12. The molecule has 0 fully saturated rings. The van der Waals surface area contributed by atoms with Crippen molar-refractivity contribution in [1.82, 2.24) is 4.98 Å². The van der Waals surface area contributed by atoms with E-state index in [0.717, 1.165) is 28.3 Å². The molecule has 2 aromatic heterocycles. The van der Waals surface area contributed by atoms with Crippen LogP contribution in [0.5, 0.6) is 0 Å². The molecule has 0 aliphatic carbocycles. The van der Waals surface area contributed by atoms with Crippen molar-refractivity contribution in [3.63, 3.8) is 0 Å². The molecule has 24 heavy (non-hydrogen) atoms. The van der Waals surface area contributed by atoms with Crippen molar-refractivity contribution in [3.8, 4) is 0 Å². The number of aromatic nitrogens is 1. The number of benzene rings is 1. The molecule has 2 heterocycles. The van der Waals surface area contributed by atoms with Crippen molar-refractivity contribution >= 4 is 50.2 Å². The van der Waals surface area contributed by atoms with Gasteiger partial charge in [-0.15, -0.1) is 11.3 Å². The number of thiophene rings is 1. The van der Waals surface area contributed by atoms with Gasteiger partial charge >= 0.3 is 0 Å². The maximum Gasteiger partial charge on any atom is 0.272 e. The van der Waals surface area contributed by atoms with E-state index in [1.807, 2.05) is 25.1 Å². The third kappa shape index (κ3) is 3.69. The van der Waals surface area contributed by atoms with Crippen LogP contribution >= 0.6 is 22.9 Å². The van der Waals surface area contributed by atoms with E-state index in [1.165, 1.54) is 0 Å². The van der Waals surface area contributed by atoms with Gasteiger partial charge in [-0.2, -0.15) is 0 Å². The second-order valence-corrected chi connectivity index (χ2v) is 8.27. The molecule has 0 saturated heterocycles. The maximum atomic E-state index is 12.1. The Morgan fingerprint density at radius 3 is 2.62 bits per heavy atom. The first kappa shape index (κ1) is 16.8. The van der Waals surface area contributed by atoms with Gasteiger partial charge in [0.1, 0.15) is 10.0 Å². The minimum atomic E-state index is -3.59. The predicted molar refractivity (Wildman–Crippen MR) is 98.8 cm³/mol. The van der Waals surface area contributed by atoms with Gasteiger partial charge in [-0.1, -0.05) is 23.7 Å². The molecule has 3 rings (SSSR count). The van der Waals surface area contributed by atoms with Crippen molar-refractivity contribution in [2.75, 3.05) is 10.0 Å². The fourth-order valence-corrected chi connectivity index (χ4v) is 4.21. The highest BCUT2D eigenvalue weighted by molar-refractivity contribution is 7.94. The number of nitrogens with one attached hydrogen (secondary N) is 2. The maximum absolute atomic E-state index is 12.1. The van der Waals surface area contributed by atoms with E-state index in [1.54, 1.807) is 35.8 Å². The topological polar surface area (TPSA) is 71.1 Å². The second kappa shape index (κ2) is 6.80. The van der Waals surface area contributed by atoms with E-state index in [4.69, 9.17) is 11.6 Å². The summed E-state index contributed by atoms with van der Waals surface area (Å²) in [6, 6.07) is 12.2. The lowest BCUT2D eigenvalue weighted by atomic mass is 10.2. The molecule has 0 radical (unpaired) electrons. The summed E-state index contributed by atoms with van der Waals surface area (Å²) in [5.74, 6) is 0.261. The summed E-state index contributed by atoms with van der Waals surface area (Å²) in [5.41, 5.74) is 2.54. The first-order valence-corrected chi connectivity index (χ1v) is 9.74. The highest BCUT2D eigenvalue weighted by Gasteiger charge is 2.15. The van der Waals surface area contributed by atoms with Crippen LogP contribution in [-0.2, 0) is 10.0 Å². The summed E-state index contributed by atoms with van der Waals surface area (Å²) in [6.07, 6.45) is 1.56. The lowest BCUT2D eigenvalue weighted by molar-refractivity contribution is 0.603. The van der Waals surface area contributed by atoms with Crippen LogP contribution in [0, 0.1) is 6.92 Å². The minimum Gasteiger partial charge on any atom is -0.354 e. The lowest BCUT2D eigenvalue weighted by Gasteiger charge is -2.11. The highest BCUT2D eigenvalue weighted by atomic mass is 35.5. The molecule has 0 aliphatic rings. The van der Waals surface area contributed by atoms with Crippen LogP contribution in [0.4, 0.5) is 17.2 Å². The van der Waals surface area contributed by atoms with Crippen molar-refractivity contribution in [2.45, 2.75) is 11.1 Å². The minimum absolute atomic E-state index is 0.251. The SMILES string of the molecule is Cc1c(Cl)cccc1Nc1ccc(NS(=O)(=O)c2cccs2)nc1. The third-order valence-corrected chi connectivity index (χ3v) is 6.47. The van der Waals surface area contributed by atoms with Crippen molar-refractivity contribution in [1.29, 1.82) is 0 Å². The Bertz CT molecular complexity index is 940. The molecule has 1 aromatic carbocycles. The van der Waals surface area contributed by atoms with Gasteiger partial charge in [0, 0.05) is 10.7 Å². The van der Waals surface area contributed by atoms with Gasteiger partial charge in [-0.25, -0.2) is 13.4 Å². The number of hydrogen-bond donors (Lipinski definition) is 2. The fourth-order valence-electron chi connectivity index (χ4n) is 2.03. The Morgan fingerprint density at radius 1 is 1.12 bits per heavy atom. The van der Waals surface area contributed by atoms with Gasteiger partial charge in [0.15, 0.2) is 0 Å². The van der Waals surface area contributed by atoms with E-state index >= 15 is 0 Å². The molecule has 2 N–H and O–H groups in total. The van der Waals surface area contributed by atoms with E-state index < -0.39 is 10.0 Å². The molecule has 0 saturated carbocycles. The number of halogens is 1.